The zero-order valence-corrected chi connectivity index (χ0v) is 12.8. The molecular formula is C17H24N2O2. The third kappa shape index (κ3) is 3.05. The summed E-state index contributed by atoms with van der Waals surface area (Å²) in [6, 6.07) is 5.99. The van der Waals surface area contributed by atoms with Crippen LogP contribution < -0.4 is 15.4 Å². The quantitative estimate of drug-likeness (QED) is 0.892. The van der Waals surface area contributed by atoms with E-state index in [0.29, 0.717) is 24.4 Å². The van der Waals surface area contributed by atoms with Crippen LogP contribution in [0.25, 0.3) is 0 Å². The van der Waals surface area contributed by atoms with Gasteiger partial charge in [-0.2, -0.15) is 0 Å². The molecule has 0 spiro atoms. The van der Waals surface area contributed by atoms with Gasteiger partial charge in [0.15, 0.2) is 0 Å². The van der Waals surface area contributed by atoms with Gasteiger partial charge in [0.05, 0.1) is 6.61 Å². The van der Waals surface area contributed by atoms with Crippen molar-refractivity contribution in [3.63, 3.8) is 0 Å². The Morgan fingerprint density at radius 2 is 2.14 bits per heavy atom. The van der Waals surface area contributed by atoms with Gasteiger partial charge in [-0.3, -0.25) is 4.79 Å². The molecule has 4 heteroatoms. The molecule has 1 aromatic carbocycles. The lowest BCUT2D eigenvalue weighted by Gasteiger charge is -2.17. The van der Waals surface area contributed by atoms with Crippen molar-refractivity contribution in [2.45, 2.75) is 26.2 Å². The Morgan fingerprint density at radius 1 is 1.29 bits per heavy atom. The summed E-state index contributed by atoms with van der Waals surface area (Å²) in [5, 5.41) is 6.47. The Morgan fingerprint density at radius 3 is 2.95 bits per heavy atom. The van der Waals surface area contributed by atoms with E-state index in [2.05, 4.69) is 30.5 Å². The van der Waals surface area contributed by atoms with Crippen LogP contribution in [-0.4, -0.2) is 32.1 Å². The highest BCUT2D eigenvalue weighted by Crippen LogP contribution is 2.34. The molecule has 114 valence electrons. The van der Waals surface area contributed by atoms with Crippen molar-refractivity contribution < 1.29 is 9.53 Å². The molecule has 0 bridgehead atoms. The first-order valence-corrected chi connectivity index (χ1v) is 7.91. The maximum absolute atomic E-state index is 12.3. The number of hydrogen-bond acceptors (Lipinski definition) is 3. The zero-order chi connectivity index (χ0) is 14.8. The molecule has 2 heterocycles. The molecule has 2 aliphatic rings. The molecule has 21 heavy (non-hydrogen) atoms. The number of carbonyl (C=O) groups excluding carboxylic acids is 1. The molecule has 4 nitrogen and oxygen atoms in total. The number of hydrogen-bond donors (Lipinski definition) is 2. The number of ether oxygens (including phenoxy) is 1. The Labute approximate surface area is 126 Å². The molecule has 0 aromatic heterocycles. The number of benzene rings is 1. The molecule has 3 rings (SSSR count). The van der Waals surface area contributed by atoms with Crippen LogP contribution in [0.4, 0.5) is 0 Å². The highest BCUT2D eigenvalue weighted by molar-refractivity contribution is 5.96. The van der Waals surface area contributed by atoms with E-state index in [1.165, 1.54) is 0 Å². The monoisotopic (exact) mass is 288 g/mol. The largest absolute Gasteiger partial charge is 0.494 e. The van der Waals surface area contributed by atoms with Gasteiger partial charge in [-0.1, -0.05) is 19.9 Å². The van der Waals surface area contributed by atoms with Crippen molar-refractivity contribution in [3.8, 4) is 5.75 Å². The molecule has 2 atom stereocenters. The molecule has 1 amide bonds. The number of carbonyl (C=O) groups is 1. The second-order valence-corrected chi connectivity index (χ2v) is 6.51. The number of amides is 1. The number of rotatable bonds is 4. The van der Waals surface area contributed by atoms with Crippen LogP contribution in [0.5, 0.6) is 5.75 Å². The molecule has 0 aliphatic carbocycles. The van der Waals surface area contributed by atoms with E-state index in [-0.39, 0.29) is 5.91 Å². The molecule has 2 N–H and O–H groups in total. The van der Waals surface area contributed by atoms with Crippen molar-refractivity contribution in [1.82, 2.24) is 10.6 Å². The maximum Gasteiger partial charge on any atom is 0.251 e. The van der Waals surface area contributed by atoms with E-state index in [4.69, 9.17) is 4.74 Å². The highest BCUT2D eigenvalue weighted by atomic mass is 16.5. The van der Waals surface area contributed by atoms with Crippen LogP contribution in [-0.2, 0) is 0 Å². The minimum atomic E-state index is 0.0358. The lowest BCUT2D eigenvalue weighted by molar-refractivity contribution is 0.0952. The molecular weight excluding hydrogens is 264 g/mol. The fourth-order valence-corrected chi connectivity index (χ4v) is 3.19. The van der Waals surface area contributed by atoms with E-state index in [1.54, 1.807) is 0 Å². The van der Waals surface area contributed by atoms with Gasteiger partial charge < -0.3 is 15.4 Å². The van der Waals surface area contributed by atoms with Gasteiger partial charge in [-0.15, -0.1) is 0 Å². The van der Waals surface area contributed by atoms with Crippen molar-refractivity contribution in [3.05, 3.63) is 29.3 Å². The van der Waals surface area contributed by atoms with Crippen LogP contribution in [0.1, 0.15) is 42.1 Å². The summed E-state index contributed by atoms with van der Waals surface area (Å²) in [5.41, 5.74) is 1.95. The Hall–Kier alpha value is -1.55. The van der Waals surface area contributed by atoms with Gasteiger partial charge in [0.25, 0.3) is 5.91 Å². The number of fused-ring (bicyclic) bond motifs is 3. The average Bonchev–Trinajstić information content (AvgIpc) is 2.88. The van der Waals surface area contributed by atoms with Crippen molar-refractivity contribution in [2.24, 2.45) is 11.8 Å². The Bertz CT molecular complexity index is 528. The van der Waals surface area contributed by atoms with Gasteiger partial charge >= 0.3 is 0 Å². The summed E-state index contributed by atoms with van der Waals surface area (Å²) < 4.78 is 5.79. The molecule has 1 aromatic rings. The first kappa shape index (κ1) is 14.4. The maximum atomic E-state index is 12.3. The van der Waals surface area contributed by atoms with E-state index in [9.17, 15) is 4.79 Å². The smallest absolute Gasteiger partial charge is 0.251 e. The van der Waals surface area contributed by atoms with Crippen molar-refractivity contribution >= 4 is 5.91 Å². The van der Waals surface area contributed by atoms with Gasteiger partial charge in [0, 0.05) is 31.1 Å². The average molecular weight is 288 g/mol. The predicted molar refractivity (Wildman–Crippen MR) is 82.8 cm³/mol. The molecule has 1 fully saturated rings. The topological polar surface area (TPSA) is 50.4 Å². The minimum Gasteiger partial charge on any atom is -0.494 e. The van der Waals surface area contributed by atoms with E-state index < -0.39 is 0 Å². The molecule has 0 saturated carbocycles. The summed E-state index contributed by atoms with van der Waals surface area (Å²) in [6.45, 7) is 7.76. The third-order valence-corrected chi connectivity index (χ3v) is 4.50. The standard InChI is InChI=1S/C17H24N2O2/c1-11(2)5-6-21-13-3-4-14-15(7-13)17(20)19-9-12-8-18-10-16(12)14/h3-4,7,11-12,16,18H,5-6,8-10H2,1-2H3,(H,19,20)/t12-,16+/m0/s1. The SMILES string of the molecule is CC(C)CCOc1ccc2c(c1)C(=O)NC[C@@H]1CNC[C@@H]21. The first-order valence-electron chi connectivity index (χ1n) is 7.91. The van der Waals surface area contributed by atoms with Crippen LogP contribution in [0.15, 0.2) is 18.2 Å². The third-order valence-electron chi connectivity index (χ3n) is 4.50. The fraction of sp³-hybridized carbons (Fsp3) is 0.588. The van der Waals surface area contributed by atoms with Crippen molar-refractivity contribution in [2.75, 3.05) is 26.2 Å². The summed E-state index contributed by atoms with van der Waals surface area (Å²) in [4.78, 5) is 12.3. The van der Waals surface area contributed by atoms with E-state index in [0.717, 1.165) is 42.9 Å². The second kappa shape index (κ2) is 6.06. The molecule has 0 radical (unpaired) electrons. The Balaban J connectivity index is 1.81. The fourth-order valence-electron chi connectivity index (χ4n) is 3.19. The van der Waals surface area contributed by atoms with Gasteiger partial charge in [-0.25, -0.2) is 0 Å². The van der Waals surface area contributed by atoms with Crippen LogP contribution in [0.3, 0.4) is 0 Å². The van der Waals surface area contributed by atoms with Gasteiger partial charge in [0.2, 0.25) is 0 Å². The summed E-state index contributed by atoms with van der Waals surface area (Å²) >= 11 is 0. The highest BCUT2D eigenvalue weighted by Gasteiger charge is 2.34. The summed E-state index contributed by atoms with van der Waals surface area (Å²) in [7, 11) is 0. The zero-order valence-electron chi connectivity index (χ0n) is 12.8. The van der Waals surface area contributed by atoms with E-state index in [1.807, 2.05) is 12.1 Å². The normalized spacial score (nSPS) is 24.2. The molecule has 0 unspecified atom stereocenters. The lowest BCUT2D eigenvalue weighted by Crippen LogP contribution is -2.28. The van der Waals surface area contributed by atoms with Crippen molar-refractivity contribution in [1.29, 1.82) is 0 Å². The second-order valence-electron chi connectivity index (χ2n) is 6.51. The van der Waals surface area contributed by atoms with E-state index >= 15 is 0 Å². The van der Waals surface area contributed by atoms with Crippen LogP contribution in [0.2, 0.25) is 0 Å². The molecule has 1 saturated heterocycles. The lowest BCUT2D eigenvalue weighted by atomic mass is 9.87. The van der Waals surface area contributed by atoms with Crippen LogP contribution in [0, 0.1) is 11.8 Å². The predicted octanol–water partition coefficient (Wildman–Crippen LogP) is 2.16. The number of nitrogens with one attached hydrogen (secondary N) is 2. The summed E-state index contributed by atoms with van der Waals surface area (Å²) in [5.74, 6) is 2.40. The van der Waals surface area contributed by atoms with Gasteiger partial charge in [0.1, 0.15) is 5.75 Å². The summed E-state index contributed by atoms with van der Waals surface area (Å²) in [6.07, 6.45) is 1.03. The van der Waals surface area contributed by atoms with Gasteiger partial charge in [-0.05, 0) is 36.0 Å². The molecule has 2 aliphatic heterocycles. The first-order chi connectivity index (χ1) is 10.1. The minimum absolute atomic E-state index is 0.0358. The Kier molecular flexibility index (Phi) is 4.15. The van der Waals surface area contributed by atoms with Crippen LogP contribution >= 0.6 is 0 Å².